The van der Waals surface area contributed by atoms with E-state index in [1.807, 2.05) is 18.2 Å². The molecule has 0 bridgehead atoms. The Morgan fingerprint density at radius 1 is 1.06 bits per heavy atom. The molecule has 7 nitrogen and oxygen atoms in total. The van der Waals surface area contributed by atoms with Gasteiger partial charge in [-0.15, -0.1) is 0 Å². The van der Waals surface area contributed by atoms with Crippen LogP contribution in [0.3, 0.4) is 0 Å². The molecular formula is C28H36N2O5. The third-order valence-electron chi connectivity index (χ3n) is 6.24. The number of aliphatic hydroxyl groups is 1. The summed E-state index contributed by atoms with van der Waals surface area (Å²) in [6.07, 6.45) is 0. The fraction of sp³-hybridized carbons (Fsp3) is 0.429. The van der Waals surface area contributed by atoms with Crippen LogP contribution in [-0.4, -0.2) is 66.5 Å². The van der Waals surface area contributed by atoms with Crippen molar-refractivity contribution in [2.24, 2.45) is 5.92 Å². The van der Waals surface area contributed by atoms with Gasteiger partial charge in [-0.1, -0.05) is 45.9 Å². The van der Waals surface area contributed by atoms with E-state index in [9.17, 15) is 14.7 Å². The monoisotopic (exact) mass is 480 g/mol. The van der Waals surface area contributed by atoms with Crippen molar-refractivity contribution < 1.29 is 24.2 Å². The number of ether oxygens (including phenoxy) is 2. The first-order valence-corrected chi connectivity index (χ1v) is 12.2. The molecule has 1 atom stereocenters. The predicted molar refractivity (Wildman–Crippen MR) is 137 cm³/mol. The number of aliphatic hydroxyl groups excluding tert-OH is 1. The molecule has 1 N–H and O–H groups in total. The topological polar surface area (TPSA) is 79.3 Å². The summed E-state index contributed by atoms with van der Waals surface area (Å²) in [4.78, 5) is 30.2. The van der Waals surface area contributed by atoms with Crippen molar-refractivity contribution in [2.45, 2.75) is 33.7 Å². The Morgan fingerprint density at radius 3 is 2.31 bits per heavy atom. The van der Waals surface area contributed by atoms with Gasteiger partial charge in [-0.05, 0) is 49.3 Å². The van der Waals surface area contributed by atoms with Gasteiger partial charge < -0.3 is 24.4 Å². The zero-order valence-electron chi connectivity index (χ0n) is 21.3. The molecule has 1 amide bonds. The zero-order chi connectivity index (χ0) is 25.5. The number of hydrogen-bond acceptors (Lipinski definition) is 6. The van der Waals surface area contributed by atoms with Crippen LogP contribution in [0.2, 0.25) is 0 Å². The molecule has 0 unspecified atom stereocenters. The zero-order valence-corrected chi connectivity index (χ0v) is 21.3. The van der Waals surface area contributed by atoms with Gasteiger partial charge in [0.1, 0.15) is 17.3 Å². The predicted octanol–water partition coefficient (Wildman–Crippen LogP) is 4.49. The maximum Gasteiger partial charge on any atom is 0.295 e. The average molecular weight is 481 g/mol. The molecule has 1 saturated heterocycles. The molecule has 1 fully saturated rings. The van der Waals surface area contributed by atoms with Crippen LogP contribution < -0.4 is 9.47 Å². The molecule has 0 aliphatic carbocycles. The Morgan fingerprint density at radius 2 is 1.71 bits per heavy atom. The Bertz CT molecular complexity index is 1060. The van der Waals surface area contributed by atoms with E-state index in [1.165, 1.54) is 0 Å². The minimum atomic E-state index is -0.751. The number of hydrogen-bond donors (Lipinski definition) is 1. The Hall–Kier alpha value is -3.32. The van der Waals surface area contributed by atoms with E-state index in [1.54, 1.807) is 42.3 Å². The van der Waals surface area contributed by atoms with Crippen molar-refractivity contribution in [3.8, 4) is 11.5 Å². The summed E-state index contributed by atoms with van der Waals surface area (Å²) in [6, 6.07) is 13.5. The van der Waals surface area contributed by atoms with E-state index >= 15 is 0 Å². The number of carbonyl (C=O) groups excluding carboxylic acids is 2. The van der Waals surface area contributed by atoms with E-state index in [0.29, 0.717) is 48.2 Å². The average Bonchev–Trinajstić information content (AvgIpc) is 3.12. The molecular weight excluding hydrogens is 444 g/mol. The van der Waals surface area contributed by atoms with Crippen molar-refractivity contribution >= 4 is 17.4 Å². The van der Waals surface area contributed by atoms with Crippen LogP contribution in [0.1, 0.15) is 44.9 Å². The largest absolute Gasteiger partial charge is 0.507 e. The molecule has 0 spiro atoms. The summed E-state index contributed by atoms with van der Waals surface area (Å²) >= 11 is 0. The maximum atomic E-state index is 13.3. The molecule has 0 radical (unpaired) electrons. The van der Waals surface area contributed by atoms with Crippen LogP contribution in [0, 0.1) is 5.92 Å². The number of ketones is 1. The third kappa shape index (κ3) is 5.85. The number of carbonyl (C=O) groups is 2. The molecule has 3 rings (SSSR count). The molecule has 1 aliphatic heterocycles. The molecule has 0 saturated carbocycles. The first-order chi connectivity index (χ1) is 16.8. The number of benzene rings is 2. The second-order valence-electron chi connectivity index (χ2n) is 8.99. The number of para-hydroxylation sites is 1. The van der Waals surface area contributed by atoms with Gasteiger partial charge in [0, 0.05) is 24.2 Å². The SMILES string of the molecule is CCN(CC)CCN1C(=O)C(=O)/C(=C(/O)c2ccc(OCC(C)C)cc2)[C@H]1c1ccccc1OC. The summed E-state index contributed by atoms with van der Waals surface area (Å²) < 4.78 is 11.3. The van der Waals surface area contributed by atoms with Crippen LogP contribution in [0.15, 0.2) is 54.1 Å². The quantitative estimate of drug-likeness (QED) is 0.290. The highest BCUT2D eigenvalue weighted by Gasteiger charge is 2.46. The fourth-order valence-electron chi connectivity index (χ4n) is 4.24. The second-order valence-corrected chi connectivity index (χ2v) is 8.99. The lowest BCUT2D eigenvalue weighted by molar-refractivity contribution is -0.140. The summed E-state index contributed by atoms with van der Waals surface area (Å²) in [6.45, 7) is 11.5. The number of likely N-dealkylation sites (tertiary alicyclic amines) is 1. The standard InChI is InChI=1S/C28H36N2O5/c1-6-29(7-2)16-17-30-25(22-10-8-9-11-23(22)34-5)24(27(32)28(30)33)26(31)20-12-14-21(15-13-20)35-18-19(3)4/h8-15,19,25,31H,6-7,16-18H2,1-5H3/b26-24+/t25-/m1/s1. The minimum absolute atomic E-state index is 0.0647. The second kappa shape index (κ2) is 11.9. The summed E-state index contributed by atoms with van der Waals surface area (Å²) in [5.74, 6) is 0.0904. The maximum absolute atomic E-state index is 13.3. The number of Topliss-reactive ketones (excluding diaryl/α,β-unsaturated/α-hetero) is 1. The van der Waals surface area contributed by atoms with Crippen LogP contribution in [0.25, 0.3) is 5.76 Å². The number of likely N-dealkylation sites (N-methyl/N-ethyl adjacent to an activating group) is 1. The van der Waals surface area contributed by atoms with Gasteiger partial charge in [-0.3, -0.25) is 9.59 Å². The highest BCUT2D eigenvalue weighted by Crippen LogP contribution is 2.42. The summed E-state index contributed by atoms with van der Waals surface area (Å²) in [5.41, 5.74) is 1.17. The van der Waals surface area contributed by atoms with Gasteiger partial charge in [-0.2, -0.15) is 0 Å². The first kappa shape index (κ1) is 26.3. The number of methoxy groups -OCH3 is 1. The summed E-state index contributed by atoms with van der Waals surface area (Å²) in [5, 5.41) is 11.3. The van der Waals surface area contributed by atoms with E-state index in [0.717, 1.165) is 13.1 Å². The van der Waals surface area contributed by atoms with Crippen molar-refractivity contribution in [3.63, 3.8) is 0 Å². The molecule has 1 aliphatic rings. The van der Waals surface area contributed by atoms with Crippen molar-refractivity contribution in [1.29, 1.82) is 0 Å². The van der Waals surface area contributed by atoms with E-state index in [4.69, 9.17) is 9.47 Å². The van der Waals surface area contributed by atoms with Crippen molar-refractivity contribution in [3.05, 3.63) is 65.2 Å². The number of rotatable bonds is 11. The van der Waals surface area contributed by atoms with E-state index < -0.39 is 17.7 Å². The molecule has 0 aromatic heterocycles. The lowest BCUT2D eigenvalue weighted by Gasteiger charge is -2.29. The van der Waals surface area contributed by atoms with E-state index in [2.05, 4.69) is 32.6 Å². The molecule has 2 aromatic rings. The molecule has 1 heterocycles. The van der Waals surface area contributed by atoms with E-state index in [-0.39, 0.29) is 11.3 Å². The van der Waals surface area contributed by atoms with Gasteiger partial charge in [0.2, 0.25) is 0 Å². The van der Waals surface area contributed by atoms with Crippen molar-refractivity contribution in [1.82, 2.24) is 9.80 Å². The van der Waals surface area contributed by atoms with Gasteiger partial charge in [0.25, 0.3) is 11.7 Å². The fourth-order valence-corrected chi connectivity index (χ4v) is 4.24. The van der Waals surface area contributed by atoms with Crippen LogP contribution in [0.5, 0.6) is 11.5 Å². The molecule has 7 heteroatoms. The Kier molecular flexibility index (Phi) is 8.93. The third-order valence-corrected chi connectivity index (χ3v) is 6.24. The van der Waals surface area contributed by atoms with Gasteiger partial charge in [-0.25, -0.2) is 0 Å². The van der Waals surface area contributed by atoms with Gasteiger partial charge >= 0.3 is 0 Å². The van der Waals surface area contributed by atoms with Crippen molar-refractivity contribution in [2.75, 3.05) is 39.9 Å². The smallest absolute Gasteiger partial charge is 0.295 e. The Balaban J connectivity index is 2.05. The Labute approximate surface area is 207 Å². The summed E-state index contributed by atoms with van der Waals surface area (Å²) in [7, 11) is 1.55. The van der Waals surface area contributed by atoms with Gasteiger partial charge in [0.15, 0.2) is 0 Å². The normalized spacial score (nSPS) is 17.5. The molecule has 2 aromatic carbocycles. The lowest BCUT2D eigenvalue weighted by Crippen LogP contribution is -2.38. The van der Waals surface area contributed by atoms with Crippen LogP contribution in [0.4, 0.5) is 0 Å². The molecule has 35 heavy (non-hydrogen) atoms. The highest BCUT2D eigenvalue weighted by molar-refractivity contribution is 6.46. The van der Waals surface area contributed by atoms with Crippen LogP contribution in [-0.2, 0) is 9.59 Å². The first-order valence-electron chi connectivity index (χ1n) is 12.2. The van der Waals surface area contributed by atoms with Gasteiger partial charge in [0.05, 0.1) is 25.3 Å². The lowest BCUT2D eigenvalue weighted by atomic mass is 9.94. The molecule has 188 valence electrons. The number of amides is 1. The minimum Gasteiger partial charge on any atom is -0.507 e. The highest BCUT2D eigenvalue weighted by atomic mass is 16.5. The number of nitrogens with zero attached hydrogens (tertiary/aromatic N) is 2. The van der Waals surface area contributed by atoms with Crippen LogP contribution >= 0.6 is 0 Å².